The van der Waals surface area contributed by atoms with Gasteiger partial charge in [-0.25, -0.2) is 0 Å². The fourth-order valence-electron chi connectivity index (χ4n) is 1.29. The predicted octanol–water partition coefficient (Wildman–Crippen LogP) is 2.20. The molecule has 1 aliphatic heterocycles. The first-order valence-corrected chi connectivity index (χ1v) is 3.92. The van der Waals surface area contributed by atoms with Gasteiger partial charge in [-0.2, -0.15) is 0 Å². The first-order chi connectivity index (χ1) is 4.30. The van der Waals surface area contributed by atoms with Gasteiger partial charge in [-0.05, 0) is 18.6 Å². The second kappa shape index (κ2) is 3.26. The van der Waals surface area contributed by atoms with Crippen LogP contribution in [0.3, 0.4) is 0 Å². The van der Waals surface area contributed by atoms with Crippen LogP contribution in [0.5, 0.6) is 0 Å². The summed E-state index contributed by atoms with van der Waals surface area (Å²) in [6.07, 6.45) is 3.91. The molecular formula is C7H15BO. The molecule has 2 heteroatoms. The smallest absolute Gasteiger partial charge is 0.295 e. The topological polar surface area (TPSA) is 9.23 Å². The Kier molecular flexibility index (Phi) is 2.58. The van der Waals surface area contributed by atoms with E-state index in [1.165, 1.54) is 19.2 Å². The van der Waals surface area contributed by atoms with E-state index in [-0.39, 0.29) is 0 Å². The third-order valence-corrected chi connectivity index (χ3v) is 1.96. The van der Waals surface area contributed by atoms with Crippen LogP contribution in [-0.2, 0) is 4.65 Å². The van der Waals surface area contributed by atoms with Crippen molar-refractivity contribution in [2.45, 2.75) is 38.8 Å². The molecule has 0 unspecified atom stereocenters. The lowest BCUT2D eigenvalue weighted by Gasteiger charge is -2.21. The zero-order chi connectivity index (χ0) is 6.69. The number of hydrogen-bond acceptors (Lipinski definition) is 1. The molecule has 0 saturated carbocycles. The molecule has 9 heavy (non-hydrogen) atoms. The molecule has 1 fully saturated rings. The summed E-state index contributed by atoms with van der Waals surface area (Å²) in [5.41, 5.74) is 0. The highest BCUT2D eigenvalue weighted by molar-refractivity contribution is 6.53. The van der Waals surface area contributed by atoms with Crippen molar-refractivity contribution in [3.63, 3.8) is 0 Å². The molecule has 52 valence electrons. The normalized spacial score (nSPS) is 21.0. The summed E-state index contributed by atoms with van der Waals surface area (Å²) in [5.74, 6) is 0.713. The van der Waals surface area contributed by atoms with Crippen molar-refractivity contribution in [2.75, 3.05) is 6.61 Å². The minimum Gasteiger partial charge on any atom is -0.436 e. The lowest BCUT2D eigenvalue weighted by Crippen LogP contribution is -2.25. The molecule has 0 aromatic heterocycles. The Balaban J connectivity index is 2.23. The highest BCUT2D eigenvalue weighted by Crippen LogP contribution is 2.19. The summed E-state index contributed by atoms with van der Waals surface area (Å²) in [4.78, 5) is 0. The molecule has 1 heterocycles. The zero-order valence-electron chi connectivity index (χ0n) is 6.39. The minimum atomic E-state index is 0.554. The van der Waals surface area contributed by atoms with E-state index in [1.54, 1.807) is 0 Å². The molecule has 0 spiro atoms. The molecule has 1 aliphatic rings. The van der Waals surface area contributed by atoms with Gasteiger partial charge in [0.05, 0.1) is 0 Å². The van der Waals surface area contributed by atoms with Gasteiger partial charge in [0.25, 0.3) is 6.92 Å². The molecule has 0 bridgehead atoms. The van der Waals surface area contributed by atoms with Crippen LogP contribution in [0.1, 0.15) is 26.7 Å². The van der Waals surface area contributed by atoms with Crippen molar-refractivity contribution in [2.24, 2.45) is 0 Å². The average molecular weight is 126 g/mol. The van der Waals surface area contributed by atoms with E-state index in [0.29, 0.717) is 12.7 Å². The standard InChI is InChI=1S/C7H15BO/c1-7(2)8-5-3-4-6-9-8/h7H,3-6H2,1-2H3. The fraction of sp³-hybridized carbons (Fsp3) is 1.00. The van der Waals surface area contributed by atoms with Crippen LogP contribution < -0.4 is 0 Å². The van der Waals surface area contributed by atoms with E-state index in [2.05, 4.69) is 13.8 Å². The maximum absolute atomic E-state index is 5.54. The van der Waals surface area contributed by atoms with Gasteiger partial charge in [-0.3, -0.25) is 0 Å². The highest BCUT2D eigenvalue weighted by Gasteiger charge is 2.22. The third-order valence-electron chi connectivity index (χ3n) is 1.96. The molecule has 0 N–H and O–H groups in total. The Bertz CT molecular complexity index is 77.0. The highest BCUT2D eigenvalue weighted by atomic mass is 16.4. The SMILES string of the molecule is CC(C)B1CCCCO1. The Labute approximate surface area is 57.9 Å². The van der Waals surface area contributed by atoms with Crippen molar-refractivity contribution in [1.29, 1.82) is 0 Å². The molecule has 0 atom stereocenters. The quantitative estimate of drug-likeness (QED) is 0.489. The monoisotopic (exact) mass is 126 g/mol. The zero-order valence-corrected chi connectivity index (χ0v) is 6.39. The maximum Gasteiger partial charge on any atom is 0.295 e. The Morgan fingerprint density at radius 3 is 2.44 bits per heavy atom. The van der Waals surface area contributed by atoms with Crippen LogP contribution >= 0.6 is 0 Å². The molecule has 0 amide bonds. The van der Waals surface area contributed by atoms with Gasteiger partial charge in [0.1, 0.15) is 0 Å². The Morgan fingerprint density at radius 2 is 2.11 bits per heavy atom. The van der Waals surface area contributed by atoms with Crippen LogP contribution in [0.4, 0.5) is 0 Å². The largest absolute Gasteiger partial charge is 0.436 e. The lowest BCUT2D eigenvalue weighted by atomic mass is 9.53. The fourth-order valence-corrected chi connectivity index (χ4v) is 1.29. The average Bonchev–Trinajstić information content (AvgIpc) is 1.90. The van der Waals surface area contributed by atoms with Gasteiger partial charge in [-0.15, -0.1) is 0 Å². The Hall–Kier alpha value is 0.0249. The molecule has 1 rings (SSSR count). The van der Waals surface area contributed by atoms with E-state index in [0.717, 1.165) is 6.61 Å². The van der Waals surface area contributed by atoms with Gasteiger partial charge in [-0.1, -0.05) is 20.3 Å². The summed E-state index contributed by atoms with van der Waals surface area (Å²) in [7, 11) is 0. The van der Waals surface area contributed by atoms with E-state index in [4.69, 9.17) is 4.65 Å². The second-order valence-electron chi connectivity index (χ2n) is 3.15. The molecule has 0 radical (unpaired) electrons. The van der Waals surface area contributed by atoms with Crippen molar-refractivity contribution >= 4 is 6.92 Å². The van der Waals surface area contributed by atoms with Gasteiger partial charge in [0.15, 0.2) is 0 Å². The van der Waals surface area contributed by atoms with Crippen LogP contribution in [0.25, 0.3) is 0 Å². The lowest BCUT2D eigenvalue weighted by molar-refractivity contribution is 0.281. The minimum absolute atomic E-state index is 0.554. The molecule has 1 saturated heterocycles. The number of rotatable bonds is 1. The van der Waals surface area contributed by atoms with Gasteiger partial charge in [0, 0.05) is 6.61 Å². The van der Waals surface area contributed by atoms with Crippen molar-refractivity contribution < 1.29 is 4.65 Å². The molecule has 0 aromatic carbocycles. The molecule has 1 nitrogen and oxygen atoms in total. The third kappa shape index (κ3) is 2.01. The van der Waals surface area contributed by atoms with Crippen LogP contribution in [0.2, 0.25) is 12.1 Å². The number of hydrogen-bond donors (Lipinski definition) is 0. The summed E-state index contributed by atoms with van der Waals surface area (Å²) >= 11 is 0. The molecular weight excluding hydrogens is 111 g/mol. The van der Waals surface area contributed by atoms with Crippen LogP contribution in [0, 0.1) is 0 Å². The van der Waals surface area contributed by atoms with Crippen molar-refractivity contribution in [3.05, 3.63) is 0 Å². The molecule has 0 aromatic rings. The summed E-state index contributed by atoms with van der Waals surface area (Å²) < 4.78 is 5.54. The van der Waals surface area contributed by atoms with Gasteiger partial charge >= 0.3 is 0 Å². The maximum atomic E-state index is 5.54. The van der Waals surface area contributed by atoms with E-state index < -0.39 is 0 Å². The van der Waals surface area contributed by atoms with Crippen molar-refractivity contribution in [3.8, 4) is 0 Å². The van der Waals surface area contributed by atoms with E-state index >= 15 is 0 Å². The summed E-state index contributed by atoms with van der Waals surface area (Å²) in [6, 6.07) is 0. The van der Waals surface area contributed by atoms with Crippen LogP contribution in [0.15, 0.2) is 0 Å². The first-order valence-electron chi connectivity index (χ1n) is 3.92. The Morgan fingerprint density at radius 1 is 1.33 bits per heavy atom. The summed E-state index contributed by atoms with van der Waals surface area (Å²) in [5, 5.41) is 0. The van der Waals surface area contributed by atoms with Crippen LogP contribution in [-0.4, -0.2) is 13.5 Å². The summed E-state index contributed by atoms with van der Waals surface area (Å²) in [6.45, 7) is 6.01. The molecule has 0 aliphatic carbocycles. The van der Waals surface area contributed by atoms with E-state index in [9.17, 15) is 0 Å². The van der Waals surface area contributed by atoms with Crippen molar-refractivity contribution in [1.82, 2.24) is 0 Å². The van der Waals surface area contributed by atoms with E-state index in [1.807, 2.05) is 0 Å². The van der Waals surface area contributed by atoms with Gasteiger partial charge < -0.3 is 4.65 Å². The predicted molar refractivity (Wildman–Crippen MR) is 40.8 cm³/mol. The second-order valence-corrected chi connectivity index (χ2v) is 3.15. The first kappa shape index (κ1) is 7.14. The van der Waals surface area contributed by atoms with Gasteiger partial charge in [0.2, 0.25) is 0 Å².